The molecule has 1 aromatic carbocycles. The van der Waals surface area contributed by atoms with Gasteiger partial charge in [-0.1, -0.05) is 11.6 Å². The van der Waals surface area contributed by atoms with Gasteiger partial charge in [-0.3, -0.25) is 9.59 Å². The third kappa shape index (κ3) is 4.52. The van der Waals surface area contributed by atoms with Gasteiger partial charge in [-0.15, -0.1) is 11.3 Å². The van der Waals surface area contributed by atoms with E-state index in [0.717, 1.165) is 12.8 Å². The number of ether oxygens (including phenoxy) is 1. The molecule has 0 radical (unpaired) electrons. The topological polar surface area (TPSA) is 105 Å². The van der Waals surface area contributed by atoms with Crippen LogP contribution in [0.15, 0.2) is 34.5 Å². The smallest absolute Gasteiger partial charge is 0.257 e. The minimum atomic E-state index is -3.77. The van der Waals surface area contributed by atoms with E-state index in [1.807, 2.05) is 0 Å². The van der Waals surface area contributed by atoms with E-state index in [1.54, 1.807) is 11.4 Å². The van der Waals surface area contributed by atoms with Gasteiger partial charge in [0.05, 0.1) is 34.3 Å². The van der Waals surface area contributed by atoms with Gasteiger partial charge in [-0.25, -0.2) is 8.42 Å². The van der Waals surface area contributed by atoms with Crippen LogP contribution in [0.25, 0.3) is 0 Å². The summed E-state index contributed by atoms with van der Waals surface area (Å²) < 4.78 is 32.3. The third-order valence-corrected chi connectivity index (χ3v) is 7.89. The summed E-state index contributed by atoms with van der Waals surface area (Å²) in [6.07, 6.45) is 1.91. The molecule has 2 aliphatic rings. The Bertz CT molecular complexity index is 1080. The number of amides is 2. The zero-order valence-electron chi connectivity index (χ0n) is 15.9. The number of halogens is 1. The second-order valence-corrected chi connectivity index (χ2v) is 10.3. The molecule has 2 fully saturated rings. The Kier molecular flexibility index (Phi) is 6.12. The lowest BCUT2D eigenvalue weighted by Gasteiger charge is -2.26. The molecular formula is C19H20ClN3O5S2. The number of nitrogens with zero attached hydrogens (tertiary/aromatic N) is 1. The molecule has 2 N–H and O–H groups in total. The van der Waals surface area contributed by atoms with Crippen LogP contribution >= 0.6 is 22.9 Å². The van der Waals surface area contributed by atoms with E-state index in [1.165, 1.54) is 33.8 Å². The predicted molar refractivity (Wildman–Crippen MR) is 114 cm³/mol. The molecule has 0 spiro atoms. The molecule has 1 aliphatic carbocycles. The molecule has 1 saturated heterocycles. The first-order chi connectivity index (χ1) is 14.4. The van der Waals surface area contributed by atoms with Crippen molar-refractivity contribution in [3.63, 3.8) is 0 Å². The van der Waals surface area contributed by atoms with Crippen molar-refractivity contribution in [2.75, 3.05) is 31.6 Å². The first-order valence-electron chi connectivity index (χ1n) is 9.43. The van der Waals surface area contributed by atoms with Crippen molar-refractivity contribution in [2.24, 2.45) is 0 Å². The van der Waals surface area contributed by atoms with E-state index < -0.39 is 15.9 Å². The molecular weight excluding hydrogens is 450 g/mol. The Morgan fingerprint density at radius 3 is 2.53 bits per heavy atom. The molecule has 2 heterocycles. The Morgan fingerprint density at radius 1 is 1.10 bits per heavy atom. The normalized spacial score (nSPS) is 17.5. The van der Waals surface area contributed by atoms with Crippen LogP contribution in [0.2, 0.25) is 5.02 Å². The molecule has 11 heteroatoms. The highest BCUT2D eigenvalue weighted by atomic mass is 35.5. The average molecular weight is 470 g/mol. The lowest BCUT2D eigenvalue weighted by Crippen LogP contribution is -2.40. The Balaban J connectivity index is 1.55. The average Bonchev–Trinajstić information content (AvgIpc) is 3.43. The van der Waals surface area contributed by atoms with Gasteiger partial charge < -0.3 is 15.4 Å². The molecule has 0 atom stereocenters. The Labute approximate surface area is 183 Å². The summed E-state index contributed by atoms with van der Waals surface area (Å²) in [5.74, 6) is -0.828. The SMILES string of the molecule is O=C(Nc1sccc1C(=O)NC1CC1)c1cc(S(=O)(=O)N2CCOCC2)ccc1Cl. The summed E-state index contributed by atoms with van der Waals surface area (Å²) in [7, 11) is -3.77. The fraction of sp³-hybridized carbons (Fsp3) is 0.368. The van der Waals surface area contributed by atoms with Crippen molar-refractivity contribution in [3.05, 3.63) is 45.8 Å². The van der Waals surface area contributed by atoms with Crippen LogP contribution in [-0.4, -0.2) is 56.9 Å². The standard InChI is InChI=1S/C19H20ClN3O5S2/c20-16-4-3-13(30(26,27)23-6-8-28-9-7-23)11-15(16)18(25)22-19-14(5-10-29-19)17(24)21-12-1-2-12/h3-5,10-12H,1-2,6-9H2,(H,21,24)(H,22,25). The number of hydrogen-bond donors (Lipinski definition) is 2. The summed E-state index contributed by atoms with van der Waals surface area (Å²) in [5, 5.41) is 7.78. The highest BCUT2D eigenvalue weighted by Gasteiger charge is 2.28. The first-order valence-corrected chi connectivity index (χ1v) is 12.1. The maximum absolute atomic E-state index is 12.9. The second kappa shape index (κ2) is 8.64. The molecule has 160 valence electrons. The highest BCUT2D eigenvalue weighted by molar-refractivity contribution is 7.89. The number of sulfonamides is 1. The van der Waals surface area contributed by atoms with E-state index in [4.69, 9.17) is 16.3 Å². The molecule has 0 bridgehead atoms. The van der Waals surface area contributed by atoms with E-state index in [9.17, 15) is 18.0 Å². The van der Waals surface area contributed by atoms with Gasteiger partial charge in [0, 0.05) is 19.1 Å². The summed E-state index contributed by atoms with van der Waals surface area (Å²) in [4.78, 5) is 25.2. The van der Waals surface area contributed by atoms with Crippen molar-refractivity contribution >= 4 is 49.8 Å². The van der Waals surface area contributed by atoms with Crippen LogP contribution in [0, 0.1) is 0 Å². The van der Waals surface area contributed by atoms with Crippen LogP contribution in [0.4, 0.5) is 5.00 Å². The maximum Gasteiger partial charge on any atom is 0.257 e. The number of benzene rings is 1. The van der Waals surface area contributed by atoms with Crippen LogP contribution in [-0.2, 0) is 14.8 Å². The number of nitrogens with one attached hydrogen (secondary N) is 2. The molecule has 30 heavy (non-hydrogen) atoms. The van der Waals surface area contributed by atoms with E-state index in [0.29, 0.717) is 23.8 Å². The van der Waals surface area contributed by atoms with Crippen molar-refractivity contribution in [3.8, 4) is 0 Å². The van der Waals surface area contributed by atoms with Gasteiger partial charge in [0.2, 0.25) is 10.0 Å². The van der Waals surface area contributed by atoms with Crippen molar-refractivity contribution < 1.29 is 22.7 Å². The monoisotopic (exact) mass is 469 g/mol. The number of carbonyl (C=O) groups excluding carboxylic acids is 2. The lowest BCUT2D eigenvalue weighted by molar-refractivity contribution is 0.0730. The largest absolute Gasteiger partial charge is 0.379 e. The van der Waals surface area contributed by atoms with Crippen LogP contribution < -0.4 is 10.6 Å². The molecule has 1 aromatic heterocycles. The summed E-state index contributed by atoms with van der Waals surface area (Å²) in [5.41, 5.74) is 0.390. The molecule has 1 aliphatic heterocycles. The third-order valence-electron chi connectivity index (χ3n) is 4.84. The molecule has 2 aromatic rings. The van der Waals surface area contributed by atoms with E-state index in [-0.39, 0.29) is 40.5 Å². The van der Waals surface area contributed by atoms with Gasteiger partial charge in [0.1, 0.15) is 5.00 Å². The van der Waals surface area contributed by atoms with Crippen LogP contribution in [0.5, 0.6) is 0 Å². The number of carbonyl (C=O) groups is 2. The minimum Gasteiger partial charge on any atom is -0.379 e. The quantitative estimate of drug-likeness (QED) is 0.676. The van der Waals surface area contributed by atoms with Crippen molar-refractivity contribution in [1.82, 2.24) is 9.62 Å². The summed E-state index contributed by atoms with van der Waals surface area (Å²) in [6.45, 7) is 1.15. The number of anilines is 1. The first kappa shape index (κ1) is 21.3. The van der Waals surface area contributed by atoms with Crippen molar-refractivity contribution in [1.29, 1.82) is 0 Å². The number of rotatable bonds is 6. The Morgan fingerprint density at radius 2 is 1.83 bits per heavy atom. The fourth-order valence-corrected chi connectivity index (χ4v) is 5.44. The molecule has 1 saturated carbocycles. The molecule has 0 unspecified atom stereocenters. The molecule has 2 amide bonds. The zero-order valence-corrected chi connectivity index (χ0v) is 18.3. The highest BCUT2D eigenvalue weighted by Crippen LogP contribution is 2.28. The number of hydrogen-bond acceptors (Lipinski definition) is 6. The maximum atomic E-state index is 12.9. The number of thiophene rings is 1. The zero-order chi connectivity index (χ0) is 21.3. The molecule has 4 rings (SSSR count). The van der Waals surface area contributed by atoms with Crippen LogP contribution in [0.1, 0.15) is 33.6 Å². The van der Waals surface area contributed by atoms with Gasteiger partial charge in [-0.05, 0) is 42.5 Å². The minimum absolute atomic E-state index is 0.0168. The summed E-state index contributed by atoms with van der Waals surface area (Å²) in [6, 6.07) is 5.86. The Hall–Kier alpha value is -1.98. The van der Waals surface area contributed by atoms with Crippen molar-refractivity contribution in [2.45, 2.75) is 23.8 Å². The predicted octanol–water partition coefficient (Wildman–Crippen LogP) is 2.57. The van der Waals surface area contributed by atoms with Crippen LogP contribution in [0.3, 0.4) is 0 Å². The van der Waals surface area contributed by atoms with E-state index in [2.05, 4.69) is 10.6 Å². The van der Waals surface area contributed by atoms with Gasteiger partial charge >= 0.3 is 0 Å². The van der Waals surface area contributed by atoms with Gasteiger partial charge in [-0.2, -0.15) is 4.31 Å². The number of morpholine rings is 1. The fourth-order valence-electron chi connectivity index (χ4n) is 3.02. The van der Waals surface area contributed by atoms with Gasteiger partial charge in [0.25, 0.3) is 11.8 Å². The summed E-state index contributed by atoms with van der Waals surface area (Å²) >= 11 is 7.39. The molecule has 8 nitrogen and oxygen atoms in total. The van der Waals surface area contributed by atoms with E-state index >= 15 is 0 Å². The lowest BCUT2D eigenvalue weighted by atomic mass is 10.2. The second-order valence-electron chi connectivity index (χ2n) is 7.02. The van der Waals surface area contributed by atoms with Gasteiger partial charge in [0.15, 0.2) is 0 Å².